The van der Waals surface area contributed by atoms with Crippen molar-refractivity contribution in [2.75, 3.05) is 9.80 Å². The van der Waals surface area contributed by atoms with Crippen LogP contribution in [0, 0.1) is 13.8 Å². The minimum Gasteiger partial charge on any atom is -0.364 e. The molecule has 0 bridgehead atoms. The molecule has 180 valence electrons. The number of carbonyl (C=O) groups excluding carboxylic acids is 1. The molecule has 1 heterocycles. The van der Waals surface area contributed by atoms with Gasteiger partial charge in [0, 0.05) is 22.0 Å². The number of benzene rings is 3. The van der Waals surface area contributed by atoms with Gasteiger partial charge in [-0.15, -0.1) is 0 Å². The predicted octanol–water partition coefficient (Wildman–Crippen LogP) is 7.83. The molecule has 1 saturated heterocycles. The molecule has 0 aromatic heterocycles. The van der Waals surface area contributed by atoms with E-state index in [1.807, 2.05) is 83.1 Å². The molecule has 0 aliphatic carbocycles. The average Bonchev–Trinajstić information content (AvgIpc) is 3.00. The van der Waals surface area contributed by atoms with E-state index in [9.17, 15) is 9.90 Å². The number of hydrogen-bond donors (Lipinski definition) is 1. The molecule has 0 spiro atoms. The van der Waals surface area contributed by atoms with Crippen molar-refractivity contribution >= 4 is 29.0 Å². The molecule has 3 aromatic carbocycles. The van der Waals surface area contributed by atoms with Gasteiger partial charge in [0.1, 0.15) is 0 Å². The molecule has 3 aromatic rings. The number of halogens is 1. The fourth-order valence-corrected chi connectivity index (χ4v) is 5.02. The summed E-state index contributed by atoms with van der Waals surface area (Å²) in [6.45, 7) is 12.1. The largest absolute Gasteiger partial charge is 0.364 e. The summed E-state index contributed by atoms with van der Waals surface area (Å²) in [7, 11) is 0. The van der Waals surface area contributed by atoms with Gasteiger partial charge >= 0.3 is 6.03 Å². The zero-order chi connectivity index (χ0) is 25.1. The highest BCUT2D eigenvalue weighted by molar-refractivity contribution is 6.30. The molecule has 4 rings (SSSR count). The molecule has 0 radical (unpaired) electrons. The molecule has 34 heavy (non-hydrogen) atoms. The zero-order valence-corrected chi connectivity index (χ0v) is 21.7. The first kappa shape index (κ1) is 25.8. The van der Waals surface area contributed by atoms with E-state index in [1.165, 1.54) is 4.90 Å². The Morgan fingerprint density at radius 2 is 1.41 bits per heavy atom. The number of amides is 2. The number of nitrogens with zero attached hydrogens (tertiary/aromatic N) is 2. The van der Waals surface area contributed by atoms with Gasteiger partial charge < -0.3 is 5.11 Å². The number of carbonyl (C=O) groups is 1. The van der Waals surface area contributed by atoms with Gasteiger partial charge in [-0.1, -0.05) is 86.3 Å². The SMILES string of the molecule is CC.CCCC1(C)N(c2ccc(C)cc2)C(=O)N(c2ccc(Cl)cc2)C1(O)c1cccc(C)c1. The highest BCUT2D eigenvalue weighted by atomic mass is 35.5. The van der Waals surface area contributed by atoms with E-state index in [0.29, 0.717) is 22.7 Å². The minimum absolute atomic E-state index is 0.267. The molecule has 1 aliphatic heterocycles. The Morgan fingerprint density at radius 1 is 0.853 bits per heavy atom. The van der Waals surface area contributed by atoms with E-state index in [0.717, 1.165) is 23.2 Å². The summed E-state index contributed by atoms with van der Waals surface area (Å²) >= 11 is 6.13. The highest BCUT2D eigenvalue weighted by Crippen LogP contribution is 2.52. The van der Waals surface area contributed by atoms with Crippen LogP contribution in [0.3, 0.4) is 0 Å². The summed E-state index contributed by atoms with van der Waals surface area (Å²) in [5.41, 5.74) is 1.67. The Morgan fingerprint density at radius 3 is 1.97 bits per heavy atom. The zero-order valence-electron chi connectivity index (χ0n) is 21.0. The molecular formula is C29H35ClN2O2. The van der Waals surface area contributed by atoms with Crippen molar-refractivity contribution in [3.8, 4) is 0 Å². The second kappa shape index (κ2) is 10.2. The van der Waals surface area contributed by atoms with E-state index in [2.05, 4.69) is 6.92 Å². The van der Waals surface area contributed by atoms with Gasteiger partial charge in [-0.05, 0) is 63.6 Å². The Balaban J connectivity index is 0.00000158. The Labute approximate surface area is 208 Å². The summed E-state index contributed by atoms with van der Waals surface area (Å²) in [4.78, 5) is 17.4. The molecule has 2 atom stereocenters. The van der Waals surface area contributed by atoms with Crippen LogP contribution >= 0.6 is 11.6 Å². The molecular weight excluding hydrogens is 444 g/mol. The lowest BCUT2D eigenvalue weighted by Gasteiger charge is -2.45. The normalized spacial score (nSPS) is 21.9. The summed E-state index contributed by atoms with van der Waals surface area (Å²) in [6, 6.07) is 22.4. The van der Waals surface area contributed by atoms with Gasteiger partial charge in [0.2, 0.25) is 0 Å². The highest BCUT2D eigenvalue weighted by Gasteiger charge is 2.65. The van der Waals surface area contributed by atoms with E-state index in [-0.39, 0.29) is 6.03 Å². The van der Waals surface area contributed by atoms with E-state index < -0.39 is 11.3 Å². The fourth-order valence-electron chi connectivity index (χ4n) is 4.90. The number of urea groups is 1. The minimum atomic E-state index is -1.59. The van der Waals surface area contributed by atoms with Crippen LogP contribution in [0.1, 0.15) is 57.2 Å². The van der Waals surface area contributed by atoms with Crippen LogP contribution in [0.2, 0.25) is 5.02 Å². The van der Waals surface area contributed by atoms with Gasteiger partial charge in [0.25, 0.3) is 0 Å². The first-order valence-corrected chi connectivity index (χ1v) is 12.4. The lowest BCUT2D eigenvalue weighted by molar-refractivity contribution is -0.0140. The molecule has 2 unspecified atom stereocenters. The summed E-state index contributed by atoms with van der Waals surface area (Å²) in [6.07, 6.45) is 1.41. The van der Waals surface area contributed by atoms with Crippen LogP contribution < -0.4 is 9.80 Å². The molecule has 2 amide bonds. The average molecular weight is 479 g/mol. The molecule has 5 heteroatoms. The number of rotatable bonds is 5. The first-order valence-electron chi connectivity index (χ1n) is 12.0. The third-order valence-corrected chi connectivity index (χ3v) is 6.74. The summed E-state index contributed by atoms with van der Waals surface area (Å²) in [5, 5.41) is 13.2. The molecule has 1 fully saturated rings. The third-order valence-electron chi connectivity index (χ3n) is 6.49. The van der Waals surface area contributed by atoms with Gasteiger partial charge in [-0.3, -0.25) is 9.80 Å². The van der Waals surface area contributed by atoms with Crippen LogP contribution in [-0.4, -0.2) is 16.7 Å². The van der Waals surface area contributed by atoms with Crippen LogP contribution in [0.25, 0.3) is 0 Å². The van der Waals surface area contributed by atoms with Gasteiger partial charge in [0.05, 0.1) is 5.54 Å². The molecule has 1 aliphatic rings. The quantitative estimate of drug-likeness (QED) is 0.406. The topological polar surface area (TPSA) is 43.8 Å². The number of hydrogen-bond acceptors (Lipinski definition) is 2. The van der Waals surface area contributed by atoms with Crippen LogP contribution in [0.15, 0.2) is 72.8 Å². The lowest BCUT2D eigenvalue weighted by atomic mass is 9.78. The second-order valence-corrected chi connectivity index (χ2v) is 9.27. The third kappa shape index (κ3) is 4.21. The maximum absolute atomic E-state index is 14.1. The Bertz CT molecular complexity index is 1130. The maximum Gasteiger partial charge on any atom is 0.332 e. The molecule has 1 N–H and O–H groups in total. The smallest absolute Gasteiger partial charge is 0.332 e. The van der Waals surface area contributed by atoms with E-state index in [4.69, 9.17) is 11.6 Å². The van der Waals surface area contributed by atoms with Crippen molar-refractivity contribution < 1.29 is 9.90 Å². The summed E-state index contributed by atoms with van der Waals surface area (Å²) < 4.78 is 0. The number of aliphatic hydroxyl groups is 1. The van der Waals surface area contributed by atoms with Crippen molar-refractivity contribution in [2.45, 2.75) is 65.6 Å². The maximum atomic E-state index is 14.1. The number of anilines is 2. The number of aryl methyl sites for hydroxylation is 2. The van der Waals surface area contributed by atoms with Gasteiger partial charge in [0.15, 0.2) is 5.72 Å². The van der Waals surface area contributed by atoms with Crippen LogP contribution in [0.4, 0.5) is 16.2 Å². The van der Waals surface area contributed by atoms with E-state index in [1.54, 1.807) is 29.2 Å². The van der Waals surface area contributed by atoms with Crippen molar-refractivity contribution in [1.82, 2.24) is 0 Å². The fraction of sp³-hybridized carbons (Fsp3) is 0.345. The first-order chi connectivity index (χ1) is 16.2. The van der Waals surface area contributed by atoms with Crippen LogP contribution in [-0.2, 0) is 5.72 Å². The van der Waals surface area contributed by atoms with Crippen LogP contribution in [0.5, 0.6) is 0 Å². The molecule has 4 nitrogen and oxygen atoms in total. The Hall–Kier alpha value is -2.82. The monoisotopic (exact) mass is 478 g/mol. The predicted molar refractivity (Wildman–Crippen MR) is 143 cm³/mol. The van der Waals surface area contributed by atoms with Crippen molar-refractivity contribution in [3.05, 3.63) is 94.5 Å². The lowest BCUT2D eigenvalue weighted by Crippen LogP contribution is -2.58. The van der Waals surface area contributed by atoms with Crippen molar-refractivity contribution in [1.29, 1.82) is 0 Å². The van der Waals surface area contributed by atoms with Crippen molar-refractivity contribution in [3.63, 3.8) is 0 Å². The van der Waals surface area contributed by atoms with E-state index >= 15 is 0 Å². The summed E-state index contributed by atoms with van der Waals surface area (Å²) in [5.74, 6) is 0. The second-order valence-electron chi connectivity index (χ2n) is 8.83. The van der Waals surface area contributed by atoms with Gasteiger partial charge in [-0.25, -0.2) is 4.79 Å². The molecule has 0 saturated carbocycles. The van der Waals surface area contributed by atoms with Gasteiger partial charge in [-0.2, -0.15) is 0 Å². The standard InChI is InChI=1S/C27H29ClN2O2.C2H6/c1-5-17-26(4)27(32,21-8-6-7-20(3)18-21)30(24-15-11-22(28)12-16-24)25(31)29(26)23-13-9-19(2)10-14-23;1-2/h6-16,18,32H,5,17H2,1-4H3;1-2H3. The Kier molecular flexibility index (Phi) is 7.74. The van der Waals surface area contributed by atoms with Crippen molar-refractivity contribution in [2.24, 2.45) is 0 Å².